The quantitative estimate of drug-likeness (QED) is 0.494. The van der Waals surface area contributed by atoms with Crippen molar-refractivity contribution in [3.05, 3.63) is 59.4 Å². The SMILES string of the molecule is CC(C)(O)C1(F)CCN(c2ccc3ncc(C#Cc4cccc(C(F)(F)F)c4)n3n2)C1. The fourth-order valence-corrected chi connectivity index (χ4v) is 3.49. The highest BCUT2D eigenvalue weighted by Crippen LogP contribution is 2.37. The maximum atomic E-state index is 15.1. The van der Waals surface area contributed by atoms with Crippen LogP contribution in [0.5, 0.6) is 0 Å². The van der Waals surface area contributed by atoms with Crippen LogP contribution in [0.1, 0.15) is 37.1 Å². The second-order valence-electron chi connectivity index (χ2n) is 8.13. The molecule has 4 rings (SSSR count). The zero-order valence-corrected chi connectivity index (χ0v) is 16.9. The molecule has 1 N–H and O–H groups in total. The number of aromatic nitrogens is 3. The van der Waals surface area contributed by atoms with Gasteiger partial charge in [0.1, 0.15) is 11.5 Å². The fraction of sp³-hybridized carbons (Fsp3) is 0.364. The first-order valence-electron chi connectivity index (χ1n) is 9.67. The third-order valence-electron chi connectivity index (χ3n) is 5.51. The monoisotopic (exact) mass is 432 g/mol. The first-order chi connectivity index (χ1) is 14.5. The lowest BCUT2D eigenvalue weighted by Gasteiger charge is -2.32. The third kappa shape index (κ3) is 4.08. The molecule has 1 atom stereocenters. The molecule has 0 saturated carbocycles. The molecule has 1 unspecified atom stereocenters. The molecule has 162 valence electrons. The van der Waals surface area contributed by atoms with E-state index in [1.807, 2.05) is 0 Å². The van der Waals surface area contributed by atoms with Crippen molar-refractivity contribution in [3.8, 4) is 11.8 Å². The Labute approximate surface area is 176 Å². The van der Waals surface area contributed by atoms with E-state index in [4.69, 9.17) is 0 Å². The summed E-state index contributed by atoms with van der Waals surface area (Å²) in [5.74, 6) is 6.02. The lowest BCUT2D eigenvalue weighted by Crippen LogP contribution is -2.48. The molecular weight excluding hydrogens is 412 g/mol. The number of imidazole rings is 1. The third-order valence-corrected chi connectivity index (χ3v) is 5.51. The van der Waals surface area contributed by atoms with Gasteiger partial charge in [-0.1, -0.05) is 12.0 Å². The molecule has 1 aromatic carbocycles. The van der Waals surface area contributed by atoms with Gasteiger partial charge in [-0.3, -0.25) is 0 Å². The molecule has 0 spiro atoms. The maximum absolute atomic E-state index is 15.1. The Hall–Kier alpha value is -3.12. The van der Waals surface area contributed by atoms with Gasteiger partial charge >= 0.3 is 6.18 Å². The normalized spacial score (nSPS) is 19.5. The minimum Gasteiger partial charge on any atom is -0.387 e. The highest BCUT2D eigenvalue weighted by Gasteiger charge is 2.49. The van der Waals surface area contributed by atoms with Crippen molar-refractivity contribution < 1.29 is 22.7 Å². The van der Waals surface area contributed by atoms with Gasteiger partial charge in [-0.05, 0) is 50.1 Å². The molecule has 31 heavy (non-hydrogen) atoms. The van der Waals surface area contributed by atoms with Crippen LogP contribution < -0.4 is 4.90 Å². The Morgan fingerprint density at radius 3 is 2.58 bits per heavy atom. The zero-order chi connectivity index (χ0) is 22.4. The number of alkyl halides is 4. The minimum atomic E-state index is -4.44. The van der Waals surface area contributed by atoms with E-state index in [0.29, 0.717) is 23.7 Å². The van der Waals surface area contributed by atoms with Crippen molar-refractivity contribution in [3.63, 3.8) is 0 Å². The molecular formula is C22H20F4N4O. The minimum absolute atomic E-state index is 0.00501. The van der Waals surface area contributed by atoms with E-state index in [9.17, 15) is 18.3 Å². The van der Waals surface area contributed by atoms with Gasteiger partial charge in [0.2, 0.25) is 0 Å². The van der Waals surface area contributed by atoms with Crippen LogP contribution in [0.15, 0.2) is 42.6 Å². The van der Waals surface area contributed by atoms with Gasteiger partial charge in [0.05, 0.1) is 23.9 Å². The van der Waals surface area contributed by atoms with Crippen LogP contribution in [0.4, 0.5) is 23.4 Å². The van der Waals surface area contributed by atoms with Crippen molar-refractivity contribution >= 4 is 11.5 Å². The number of hydrogen-bond acceptors (Lipinski definition) is 4. The number of hydrogen-bond donors (Lipinski definition) is 1. The van der Waals surface area contributed by atoms with Crippen LogP contribution in [-0.4, -0.2) is 44.1 Å². The van der Waals surface area contributed by atoms with Crippen LogP contribution in [0.2, 0.25) is 0 Å². The molecule has 1 aliphatic heterocycles. The molecule has 5 nitrogen and oxygen atoms in total. The summed E-state index contributed by atoms with van der Waals surface area (Å²) in [5, 5.41) is 14.6. The highest BCUT2D eigenvalue weighted by atomic mass is 19.4. The predicted octanol–water partition coefficient (Wildman–Crippen LogP) is 3.84. The molecule has 2 aromatic heterocycles. The Morgan fingerprint density at radius 2 is 1.90 bits per heavy atom. The van der Waals surface area contributed by atoms with Gasteiger partial charge in [-0.25, -0.2) is 13.9 Å². The first kappa shape index (κ1) is 21.1. The van der Waals surface area contributed by atoms with E-state index in [1.54, 1.807) is 17.0 Å². The van der Waals surface area contributed by atoms with Gasteiger partial charge in [-0.2, -0.15) is 13.2 Å². The summed E-state index contributed by atoms with van der Waals surface area (Å²) in [6.07, 6.45) is -2.79. The van der Waals surface area contributed by atoms with Crippen LogP contribution in [0, 0.1) is 11.8 Å². The molecule has 0 bridgehead atoms. The molecule has 1 aliphatic rings. The number of halogens is 4. The standard InChI is InChI=1S/C22H20F4N4O/c1-20(2,31)21(23)10-11-29(14-21)19-9-8-18-27-13-17(30(18)28-19)7-6-15-4-3-5-16(12-15)22(24,25)26/h3-5,8-9,12-13,31H,10-11,14H2,1-2H3. The van der Waals surface area contributed by atoms with Crippen molar-refractivity contribution in [1.82, 2.24) is 14.6 Å². The van der Waals surface area contributed by atoms with E-state index in [1.165, 1.54) is 36.7 Å². The van der Waals surface area contributed by atoms with Crippen molar-refractivity contribution in [2.24, 2.45) is 0 Å². The molecule has 3 heterocycles. The number of benzene rings is 1. The molecule has 9 heteroatoms. The van der Waals surface area contributed by atoms with E-state index in [0.717, 1.165) is 12.1 Å². The van der Waals surface area contributed by atoms with Crippen LogP contribution in [0.25, 0.3) is 5.65 Å². The summed E-state index contributed by atoms with van der Waals surface area (Å²) in [6, 6.07) is 8.18. The molecule has 1 saturated heterocycles. The Morgan fingerprint density at radius 1 is 1.13 bits per heavy atom. The summed E-state index contributed by atoms with van der Waals surface area (Å²) >= 11 is 0. The van der Waals surface area contributed by atoms with Crippen molar-refractivity contribution in [2.45, 2.75) is 37.7 Å². The fourth-order valence-electron chi connectivity index (χ4n) is 3.49. The van der Waals surface area contributed by atoms with Crippen molar-refractivity contribution in [2.75, 3.05) is 18.0 Å². The van der Waals surface area contributed by atoms with Gasteiger partial charge in [-0.15, -0.1) is 5.10 Å². The maximum Gasteiger partial charge on any atom is 0.416 e. The van der Waals surface area contributed by atoms with E-state index < -0.39 is 23.0 Å². The lowest BCUT2D eigenvalue weighted by atomic mass is 9.87. The largest absolute Gasteiger partial charge is 0.416 e. The number of nitrogens with zero attached hydrogens (tertiary/aromatic N) is 4. The number of aliphatic hydroxyl groups is 1. The summed E-state index contributed by atoms with van der Waals surface area (Å²) in [6.45, 7) is 3.28. The van der Waals surface area contributed by atoms with Gasteiger partial charge in [0.25, 0.3) is 0 Å². The number of fused-ring (bicyclic) bond motifs is 1. The van der Waals surface area contributed by atoms with Crippen LogP contribution in [0.3, 0.4) is 0 Å². The smallest absolute Gasteiger partial charge is 0.387 e. The molecule has 1 fully saturated rings. The van der Waals surface area contributed by atoms with Crippen molar-refractivity contribution in [1.29, 1.82) is 0 Å². The highest BCUT2D eigenvalue weighted by molar-refractivity contribution is 5.51. The molecule has 0 amide bonds. The second-order valence-corrected chi connectivity index (χ2v) is 8.13. The van der Waals surface area contributed by atoms with Gasteiger partial charge in [0.15, 0.2) is 11.3 Å². The summed E-state index contributed by atoms with van der Waals surface area (Å²) in [4.78, 5) is 5.95. The summed E-state index contributed by atoms with van der Waals surface area (Å²) < 4.78 is 55.2. The molecule has 0 aliphatic carbocycles. The van der Waals surface area contributed by atoms with E-state index >= 15 is 4.39 Å². The van der Waals surface area contributed by atoms with E-state index in [-0.39, 0.29) is 18.5 Å². The molecule has 0 radical (unpaired) electrons. The zero-order valence-electron chi connectivity index (χ0n) is 16.9. The van der Waals surface area contributed by atoms with Crippen LogP contribution >= 0.6 is 0 Å². The Bertz CT molecular complexity index is 1190. The second kappa shape index (κ2) is 7.24. The van der Waals surface area contributed by atoms with Crippen LogP contribution in [-0.2, 0) is 6.18 Å². The Balaban J connectivity index is 1.63. The average Bonchev–Trinajstić information content (AvgIpc) is 3.29. The lowest BCUT2D eigenvalue weighted by molar-refractivity contribution is -0.137. The predicted molar refractivity (Wildman–Crippen MR) is 107 cm³/mol. The average molecular weight is 432 g/mol. The molecule has 3 aromatic rings. The first-order valence-corrected chi connectivity index (χ1v) is 9.67. The topological polar surface area (TPSA) is 53.7 Å². The summed E-state index contributed by atoms with van der Waals surface area (Å²) in [7, 11) is 0. The summed E-state index contributed by atoms with van der Waals surface area (Å²) in [5.41, 5.74) is -2.90. The van der Waals surface area contributed by atoms with Gasteiger partial charge in [0, 0.05) is 18.5 Å². The van der Waals surface area contributed by atoms with Gasteiger partial charge < -0.3 is 10.0 Å². The Kier molecular flexibility index (Phi) is 4.93. The van der Waals surface area contributed by atoms with E-state index in [2.05, 4.69) is 21.9 Å². The number of anilines is 1. The number of rotatable bonds is 2.